The lowest BCUT2D eigenvalue weighted by Gasteiger charge is -2.09. The lowest BCUT2D eigenvalue weighted by atomic mass is 10.3. The first-order valence-corrected chi connectivity index (χ1v) is 8.42. The molecule has 0 N–H and O–H groups in total. The highest BCUT2D eigenvalue weighted by Crippen LogP contribution is 2.23. The Bertz CT molecular complexity index is 688. The number of benzene rings is 1. The Morgan fingerprint density at radius 1 is 1.22 bits per heavy atom. The van der Waals surface area contributed by atoms with Gasteiger partial charge in [-0.15, -0.1) is 0 Å². The predicted octanol–water partition coefficient (Wildman–Crippen LogP) is 1.99. The first-order valence-electron chi connectivity index (χ1n) is 6.94. The van der Waals surface area contributed by atoms with E-state index in [2.05, 4.69) is 0 Å². The molecule has 0 aliphatic heterocycles. The van der Waals surface area contributed by atoms with Crippen LogP contribution in [-0.4, -0.2) is 47.1 Å². The SMILES string of the molecule is CCOC(=O)/C(=C\C=C\N(C)C)S(=O)(=O)c1ccc(OC)cc1. The van der Waals surface area contributed by atoms with Crippen molar-refractivity contribution in [2.45, 2.75) is 11.8 Å². The summed E-state index contributed by atoms with van der Waals surface area (Å²) in [6.45, 7) is 1.71. The third kappa shape index (κ3) is 5.14. The zero-order valence-corrected chi connectivity index (χ0v) is 14.5. The van der Waals surface area contributed by atoms with Crippen molar-refractivity contribution in [3.63, 3.8) is 0 Å². The fourth-order valence-electron chi connectivity index (χ4n) is 1.65. The highest BCUT2D eigenvalue weighted by molar-refractivity contribution is 7.96. The molecule has 0 aromatic heterocycles. The minimum absolute atomic E-state index is 0.00384. The number of nitrogens with zero attached hydrogens (tertiary/aromatic N) is 1. The second-order valence-corrected chi connectivity index (χ2v) is 6.65. The Hall–Kier alpha value is -2.28. The topological polar surface area (TPSA) is 72.9 Å². The summed E-state index contributed by atoms with van der Waals surface area (Å²) in [6, 6.07) is 5.81. The fourth-order valence-corrected chi connectivity index (χ4v) is 2.94. The van der Waals surface area contributed by atoms with E-state index in [1.54, 1.807) is 32.1 Å². The zero-order chi connectivity index (χ0) is 17.5. The maximum absolute atomic E-state index is 12.7. The van der Waals surface area contributed by atoms with Gasteiger partial charge >= 0.3 is 5.97 Å². The second kappa shape index (κ2) is 8.38. The van der Waals surface area contributed by atoms with E-state index < -0.39 is 20.7 Å². The van der Waals surface area contributed by atoms with E-state index in [4.69, 9.17) is 9.47 Å². The molecule has 0 saturated carbocycles. The molecule has 0 aliphatic carbocycles. The summed E-state index contributed by atoms with van der Waals surface area (Å²) in [5, 5.41) is 0. The van der Waals surface area contributed by atoms with Gasteiger partial charge in [0.15, 0.2) is 4.91 Å². The quantitative estimate of drug-likeness (QED) is 0.430. The van der Waals surface area contributed by atoms with Gasteiger partial charge in [-0.1, -0.05) is 0 Å². The second-order valence-electron chi connectivity index (χ2n) is 4.74. The summed E-state index contributed by atoms with van der Waals surface area (Å²) < 4.78 is 35.2. The fraction of sp³-hybridized carbons (Fsp3) is 0.312. The molecule has 0 aliphatic rings. The van der Waals surface area contributed by atoms with Gasteiger partial charge in [-0.05, 0) is 49.5 Å². The molecular formula is C16H21NO5S. The van der Waals surface area contributed by atoms with E-state index in [1.807, 2.05) is 0 Å². The molecule has 1 aromatic rings. The molecule has 1 aromatic carbocycles. The van der Waals surface area contributed by atoms with E-state index in [9.17, 15) is 13.2 Å². The highest BCUT2D eigenvalue weighted by Gasteiger charge is 2.27. The number of hydrogen-bond donors (Lipinski definition) is 0. The average molecular weight is 339 g/mol. The van der Waals surface area contributed by atoms with Gasteiger partial charge in [0, 0.05) is 14.1 Å². The molecule has 0 saturated heterocycles. The molecule has 126 valence electrons. The largest absolute Gasteiger partial charge is 0.497 e. The summed E-state index contributed by atoms with van der Waals surface area (Å²) in [5.41, 5.74) is 0. The van der Waals surface area contributed by atoms with Crippen LogP contribution in [0.25, 0.3) is 0 Å². The van der Waals surface area contributed by atoms with Crippen molar-refractivity contribution in [2.75, 3.05) is 27.8 Å². The monoisotopic (exact) mass is 339 g/mol. The van der Waals surface area contributed by atoms with Gasteiger partial charge in [0.25, 0.3) is 0 Å². The summed E-state index contributed by atoms with van der Waals surface area (Å²) in [4.78, 5) is 13.3. The van der Waals surface area contributed by atoms with Crippen molar-refractivity contribution in [1.82, 2.24) is 4.90 Å². The molecule has 1 rings (SSSR count). The number of carbonyl (C=O) groups excluding carboxylic acids is 1. The number of rotatable bonds is 7. The molecule has 0 amide bonds. The Balaban J connectivity index is 3.29. The average Bonchev–Trinajstić information content (AvgIpc) is 2.51. The van der Waals surface area contributed by atoms with E-state index in [-0.39, 0.29) is 11.5 Å². The van der Waals surface area contributed by atoms with Gasteiger partial charge < -0.3 is 14.4 Å². The van der Waals surface area contributed by atoms with Crippen LogP contribution in [-0.2, 0) is 19.4 Å². The number of esters is 1. The molecule has 0 spiro atoms. The number of methoxy groups -OCH3 is 1. The van der Waals surface area contributed by atoms with Crippen LogP contribution in [0, 0.1) is 0 Å². The third-order valence-electron chi connectivity index (χ3n) is 2.77. The molecule has 6 nitrogen and oxygen atoms in total. The van der Waals surface area contributed by atoms with Crippen LogP contribution in [0.15, 0.2) is 52.4 Å². The van der Waals surface area contributed by atoms with Crippen LogP contribution in [0.3, 0.4) is 0 Å². The Labute approximate surface area is 136 Å². The molecule has 0 atom stereocenters. The summed E-state index contributed by atoms with van der Waals surface area (Å²) in [5.74, 6) is -0.357. The molecule has 0 bridgehead atoms. The molecule has 7 heteroatoms. The molecule has 0 unspecified atom stereocenters. The standard InChI is InChI=1S/C16H21NO5S/c1-5-22-16(18)15(7-6-12-17(2)3)23(19,20)14-10-8-13(21-4)9-11-14/h6-12H,5H2,1-4H3/b12-6+,15-7+. The Morgan fingerprint density at radius 3 is 2.30 bits per heavy atom. The van der Waals surface area contributed by atoms with Crippen molar-refractivity contribution in [1.29, 1.82) is 0 Å². The third-order valence-corrected chi connectivity index (χ3v) is 4.54. The van der Waals surface area contributed by atoms with Gasteiger partial charge in [0.1, 0.15) is 5.75 Å². The first kappa shape index (κ1) is 18.8. The lowest BCUT2D eigenvalue weighted by molar-refractivity contribution is -0.137. The van der Waals surface area contributed by atoms with Crippen molar-refractivity contribution >= 4 is 15.8 Å². The smallest absolute Gasteiger partial charge is 0.350 e. The Kier molecular flexibility index (Phi) is 6.84. The van der Waals surface area contributed by atoms with Crippen molar-refractivity contribution in [3.05, 3.63) is 47.5 Å². The summed E-state index contributed by atoms with van der Waals surface area (Å²) in [6.07, 6.45) is 4.34. The normalized spacial score (nSPS) is 12.3. The van der Waals surface area contributed by atoms with Crippen LogP contribution < -0.4 is 4.74 Å². The van der Waals surface area contributed by atoms with E-state index in [0.29, 0.717) is 5.75 Å². The Morgan fingerprint density at radius 2 is 1.83 bits per heavy atom. The van der Waals surface area contributed by atoms with E-state index >= 15 is 0 Å². The van der Waals surface area contributed by atoms with Gasteiger partial charge in [-0.2, -0.15) is 0 Å². The lowest BCUT2D eigenvalue weighted by Crippen LogP contribution is -2.16. The maximum Gasteiger partial charge on any atom is 0.350 e. The minimum atomic E-state index is -3.98. The van der Waals surface area contributed by atoms with Crippen LogP contribution in [0.1, 0.15) is 6.92 Å². The van der Waals surface area contributed by atoms with E-state index in [1.165, 1.54) is 43.5 Å². The molecular weight excluding hydrogens is 318 g/mol. The van der Waals surface area contributed by atoms with Gasteiger partial charge in [0.2, 0.25) is 9.84 Å². The predicted molar refractivity (Wildman–Crippen MR) is 87.7 cm³/mol. The number of allylic oxidation sites excluding steroid dienone is 2. The van der Waals surface area contributed by atoms with Crippen LogP contribution >= 0.6 is 0 Å². The minimum Gasteiger partial charge on any atom is -0.497 e. The molecule has 23 heavy (non-hydrogen) atoms. The molecule has 0 fully saturated rings. The number of carbonyl (C=O) groups is 1. The maximum atomic E-state index is 12.7. The summed E-state index contributed by atoms with van der Waals surface area (Å²) in [7, 11) is 1.07. The number of ether oxygens (including phenoxy) is 2. The van der Waals surface area contributed by atoms with Crippen molar-refractivity contribution in [2.24, 2.45) is 0 Å². The molecule has 0 heterocycles. The zero-order valence-electron chi connectivity index (χ0n) is 13.6. The van der Waals surface area contributed by atoms with Crippen LogP contribution in [0.5, 0.6) is 5.75 Å². The van der Waals surface area contributed by atoms with Gasteiger partial charge in [-0.25, -0.2) is 13.2 Å². The first-order chi connectivity index (χ1) is 10.8. The van der Waals surface area contributed by atoms with E-state index in [0.717, 1.165) is 0 Å². The van der Waals surface area contributed by atoms with Gasteiger partial charge in [0.05, 0.1) is 18.6 Å². The van der Waals surface area contributed by atoms with Crippen molar-refractivity contribution < 1.29 is 22.7 Å². The number of hydrogen-bond acceptors (Lipinski definition) is 6. The highest BCUT2D eigenvalue weighted by atomic mass is 32.2. The molecule has 0 radical (unpaired) electrons. The summed E-state index contributed by atoms with van der Waals surface area (Å²) >= 11 is 0. The van der Waals surface area contributed by atoms with Gasteiger partial charge in [-0.3, -0.25) is 0 Å². The van der Waals surface area contributed by atoms with Crippen LogP contribution in [0.2, 0.25) is 0 Å². The van der Waals surface area contributed by atoms with Crippen molar-refractivity contribution in [3.8, 4) is 5.75 Å². The van der Waals surface area contributed by atoms with Crippen LogP contribution in [0.4, 0.5) is 0 Å². The number of sulfone groups is 1.